The number of nitrogens with zero attached hydrogens (tertiary/aromatic N) is 5. The molecule has 0 aromatic carbocycles. The highest BCUT2D eigenvalue weighted by molar-refractivity contribution is 5.91. The fourth-order valence-corrected chi connectivity index (χ4v) is 2.61. The molecule has 132 valence electrons. The van der Waals surface area contributed by atoms with Crippen LogP contribution < -0.4 is 10.2 Å². The number of aromatic nitrogens is 3. The third kappa shape index (κ3) is 4.31. The van der Waals surface area contributed by atoms with Crippen LogP contribution >= 0.6 is 0 Å². The van der Waals surface area contributed by atoms with Gasteiger partial charge in [-0.25, -0.2) is 9.97 Å². The number of nitrogens with one attached hydrogen (secondary N) is 1. The molecule has 0 atom stereocenters. The minimum atomic E-state index is -0.362. The topological polar surface area (TPSA) is 104 Å². The summed E-state index contributed by atoms with van der Waals surface area (Å²) in [6.07, 6.45) is 3.66. The molecule has 3 heterocycles. The lowest BCUT2D eigenvalue weighted by molar-refractivity contribution is -0.131. The summed E-state index contributed by atoms with van der Waals surface area (Å²) >= 11 is 0. The van der Waals surface area contributed by atoms with Gasteiger partial charge in [-0.05, 0) is 13.0 Å². The summed E-state index contributed by atoms with van der Waals surface area (Å²) < 4.78 is 4.88. The van der Waals surface area contributed by atoms with Crippen LogP contribution in [0.5, 0.6) is 0 Å². The van der Waals surface area contributed by atoms with Crippen molar-refractivity contribution < 1.29 is 14.1 Å². The van der Waals surface area contributed by atoms with Crippen LogP contribution in [-0.2, 0) is 4.79 Å². The molecule has 0 spiro atoms. The minimum Gasteiger partial charge on any atom is -0.351 e. The lowest BCUT2D eigenvalue weighted by Gasteiger charge is -2.34. The maximum atomic E-state index is 12.3. The van der Waals surface area contributed by atoms with Gasteiger partial charge in [0.1, 0.15) is 0 Å². The van der Waals surface area contributed by atoms with E-state index in [4.69, 9.17) is 4.52 Å². The monoisotopic (exact) mass is 344 g/mol. The fourth-order valence-electron chi connectivity index (χ4n) is 2.61. The van der Waals surface area contributed by atoms with E-state index in [-0.39, 0.29) is 30.5 Å². The normalized spacial score (nSPS) is 14.4. The molecule has 0 unspecified atom stereocenters. The lowest BCUT2D eigenvalue weighted by Crippen LogP contribution is -2.49. The van der Waals surface area contributed by atoms with E-state index in [1.807, 2.05) is 0 Å². The molecule has 3 rings (SSSR count). The first-order valence-electron chi connectivity index (χ1n) is 8.15. The summed E-state index contributed by atoms with van der Waals surface area (Å²) in [6.45, 7) is 4.63. The molecule has 0 bridgehead atoms. The van der Waals surface area contributed by atoms with E-state index in [2.05, 4.69) is 25.3 Å². The first-order valence-corrected chi connectivity index (χ1v) is 8.15. The average molecular weight is 344 g/mol. The van der Waals surface area contributed by atoms with Crippen LogP contribution in [0.15, 0.2) is 29.0 Å². The predicted molar refractivity (Wildman–Crippen MR) is 89.0 cm³/mol. The Morgan fingerprint density at radius 2 is 1.92 bits per heavy atom. The van der Waals surface area contributed by atoms with E-state index in [0.29, 0.717) is 37.8 Å². The number of aryl methyl sites for hydroxylation is 1. The SMILES string of the molecule is Cc1cc(C(=O)NCCC(=O)N2CCN(c3ncccn3)CC2)on1. The van der Waals surface area contributed by atoms with Gasteiger partial charge in [-0.3, -0.25) is 9.59 Å². The van der Waals surface area contributed by atoms with Crippen LogP contribution in [0, 0.1) is 6.92 Å². The van der Waals surface area contributed by atoms with E-state index in [9.17, 15) is 9.59 Å². The van der Waals surface area contributed by atoms with Crippen molar-refractivity contribution in [3.8, 4) is 0 Å². The smallest absolute Gasteiger partial charge is 0.289 e. The molecule has 0 saturated carbocycles. The van der Waals surface area contributed by atoms with Gasteiger partial charge in [-0.15, -0.1) is 0 Å². The van der Waals surface area contributed by atoms with Gasteiger partial charge in [0, 0.05) is 57.6 Å². The zero-order valence-electron chi connectivity index (χ0n) is 14.0. The highest BCUT2D eigenvalue weighted by atomic mass is 16.5. The quantitative estimate of drug-likeness (QED) is 0.828. The molecule has 2 amide bonds. The summed E-state index contributed by atoms with van der Waals surface area (Å²) in [6, 6.07) is 3.33. The van der Waals surface area contributed by atoms with Crippen molar-refractivity contribution in [3.05, 3.63) is 36.0 Å². The van der Waals surface area contributed by atoms with Gasteiger partial charge < -0.3 is 19.6 Å². The van der Waals surface area contributed by atoms with E-state index >= 15 is 0 Å². The lowest BCUT2D eigenvalue weighted by atomic mass is 10.2. The van der Waals surface area contributed by atoms with Gasteiger partial charge in [0.15, 0.2) is 0 Å². The summed E-state index contributed by atoms with van der Waals surface area (Å²) in [4.78, 5) is 36.4. The Morgan fingerprint density at radius 3 is 2.56 bits per heavy atom. The van der Waals surface area contributed by atoms with Gasteiger partial charge in [0.05, 0.1) is 5.69 Å². The highest BCUT2D eigenvalue weighted by Crippen LogP contribution is 2.10. The average Bonchev–Trinajstić information content (AvgIpc) is 3.09. The Balaban J connectivity index is 1.40. The second-order valence-electron chi connectivity index (χ2n) is 5.76. The molecule has 1 N–H and O–H groups in total. The van der Waals surface area contributed by atoms with Crippen molar-refractivity contribution in [2.24, 2.45) is 0 Å². The molecule has 0 radical (unpaired) electrons. The van der Waals surface area contributed by atoms with Gasteiger partial charge in [0.2, 0.25) is 17.6 Å². The Kier molecular flexibility index (Phi) is 5.22. The van der Waals surface area contributed by atoms with Crippen molar-refractivity contribution in [2.45, 2.75) is 13.3 Å². The largest absolute Gasteiger partial charge is 0.351 e. The highest BCUT2D eigenvalue weighted by Gasteiger charge is 2.22. The van der Waals surface area contributed by atoms with Crippen molar-refractivity contribution in [3.63, 3.8) is 0 Å². The molecule has 9 heteroatoms. The number of hydrogen-bond acceptors (Lipinski definition) is 7. The molecule has 0 aliphatic carbocycles. The van der Waals surface area contributed by atoms with Crippen molar-refractivity contribution >= 4 is 17.8 Å². The first-order chi connectivity index (χ1) is 12.1. The Hall–Kier alpha value is -2.97. The van der Waals surface area contributed by atoms with E-state index in [1.54, 1.807) is 36.4 Å². The molecule has 1 saturated heterocycles. The van der Waals surface area contributed by atoms with Crippen molar-refractivity contribution in [2.75, 3.05) is 37.6 Å². The van der Waals surface area contributed by atoms with Crippen LogP contribution in [-0.4, -0.2) is 64.6 Å². The summed E-state index contributed by atoms with van der Waals surface area (Å²) in [5.74, 6) is 0.493. The van der Waals surface area contributed by atoms with E-state index in [1.165, 1.54) is 0 Å². The summed E-state index contributed by atoms with van der Waals surface area (Å²) in [5.41, 5.74) is 0.640. The maximum absolute atomic E-state index is 12.3. The molecule has 25 heavy (non-hydrogen) atoms. The number of amides is 2. The first kappa shape index (κ1) is 16.9. The number of anilines is 1. The van der Waals surface area contributed by atoms with Gasteiger partial charge in [0.25, 0.3) is 5.91 Å². The van der Waals surface area contributed by atoms with E-state index in [0.717, 1.165) is 0 Å². The van der Waals surface area contributed by atoms with Crippen molar-refractivity contribution in [1.29, 1.82) is 0 Å². The third-order valence-electron chi connectivity index (χ3n) is 3.94. The predicted octanol–water partition coefficient (Wildman–Crippen LogP) is 0.242. The minimum absolute atomic E-state index is 0.0164. The second-order valence-corrected chi connectivity index (χ2v) is 5.76. The van der Waals surface area contributed by atoms with E-state index < -0.39 is 0 Å². The maximum Gasteiger partial charge on any atom is 0.289 e. The Morgan fingerprint density at radius 1 is 1.20 bits per heavy atom. The summed E-state index contributed by atoms with van der Waals surface area (Å²) in [7, 11) is 0. The van der Waals surface area contributed by atoms with Gasteiger partial charge >= 0.3 is 0 Å². The molecule has 1 aliphatic heterocycles. The number of carbonyl (C=O) groups is 2. The van der Waals surface area contributed by atoms with Crippen LogP contribution in [0.1, 0.15) is 22.7 Å². The number of piperazine rings is 1. The zero-order chi connectivity index (χ0) is 17.6. The van der Waals surface area contributed by atoms with Crippen molar-refractivity contribution in [1.82, 2.24) is 25.3 Å². The number of carbonyl (C=O) groups excluding carboxylic acids is 2. The van der Waals surface area contributed by atoms with Crippen LogP contribution in [0.25, 0.3) is 0 Å². The molecule has 2 aromatic heterocycles. The molecular weight excluding hydrogens is 324 g/mol. The summed E-state index contributed by atoms with van der Waals surface area (Å²) in [5, 5.41) is 6.33. The van der Waals surface area contributed by atoms with Gasteiger partial charge in [-0.2, -0.15) is 0 Å². The molecule has 1 fully saturated rings. The standard InChI is InChI=1S/C16H20N6O3/c1-12-11-13(25-20-12)15(24)17-6-3-14(23)21-7-9-22(10-8-21)16-18-4-2-5-19-16/h2,4-5,11H,3,6-10H2,1H3,(H,17,24). The third-order valence-corrected chi connectivity index (χ3v) is 3.94. The molecular formula is C16H20N6O3. The van der Waals surface area contributed by atoms with Crippen LogP contribution in [0.2, 0.25) is 0 Å². The Labute approximate surface area is 145 Å². The van der Waals surface area contributed by atoms with Crippen LogP contribution in [0.4, 0.5) is 5.95 Å². The fraction of sp³-hybridized carbons (Fsp3) is 0.438. The van der Waals surface area contributed by atoms with Gasteiger partial charge in [-0.1, -0.05) is 5.16 Å². The Bertz CT molecular complexity index is 724. The molecule has 2 aromatic rings. The zero-order valence-corrected chi connectivity index (χ0v) is 14.0. The molecule has 1 aliphatic rings. The second kappa shape index (κ2) is 7.73. The molecule has 9 nitrogen and oxygen atoms in total. The van der Waals surface area contributed by atoms with Crippen LogP contribution in [0.3, 0.4) is 0 Å². The number of rotatable bonds is 5. The number of hydrogen-bond donors (Lipinski definition) is 1.